The number of rotatable bonds is 4. The van der Waals surface area contributed by atoms with Crippen molar-refractivity contribution in [2.75, 3.05) is 13.2 Å². The van der Waals surface area contributed by atoms with Crippen molar-refractivity contribution in [3.8, 4) is 0 Å². The summed E-state index contributed by atoms with van der Waals surface area (Å²) in [6.07, 6.45) is 2.92. The number of hydrogen-bond donors (Lipinski definition) is 1. The number of ether oxygens (including phenoxy) is 2. The molecule has 0 aromatic heterocycles. The van der Waals surface area contributed by atoms with Crippen molar-refractivity contribution in [1.82, 2.24) is 5.32 Å². The van der Waals surface area contributed by atoms with Gasteiger partial charge in [0.1, 0.15) is 0 Å². The standard InChI is InChI=1S/C12H23NO2/c1-9(12(4)5-6-12)13-7-10-8-14-11(2,3)15-10/h9-10,13H,5-8H2,1-4H3. The van der Waals surface area contributed by atoms with E-state index in [9.17, 15) is 0 Å². The Bertz CT molecular complexity index is 236. The van der Waals surface area contributed by atoms with Crippen LogP contribution in [0.2, 0.25) is 0 Å². The van der Waals surface area contributed by atoms with E-state index in [0.717, 1.165) is 6.54 Å². The fourth-order valence-corrected chi connectivity index (χ4v) is 2.05. The highest BCUT2D eigenvalue weighted by Crippen LogP contribution is 2.47. The van der Waals surface area contributed by atoms with Crippen LogP contribution in [0.25, 0.3) is 0 Å². The van der Waals surface area contributed by atoms with Crippen LogP contribution >= 0.6 is 0 Å². The van der Waals surface area contributed by atoms with Crippen molar-refractivity contribution in [3.05, 3.63) is 0 Å². The lowest BCUT2D eigenvalue weighted by atomic mass is 10.0. The lowest BCUT2D eigenvalue weighted by Gasteiger charge is -2.23. The molecule has 0 aromatic carbocycles. The Morgan fingerprint density at radius 3 is 2.47 bits per heavy atom. The molecule has 0 spiro atoms. The predicted molar refractivity (Wildman–Crippen MR) is 59.7 cm³/mol. The third-order valence-electron chi connectivity index (χ3n) is 3.80. The van der Waals surface area contributed by atoms with Crippen LogP contribution in [-0.4, -0.2) is 31.1 Å². The minimum absolute atomic E-state index is 0.213. The average molecular weight is 213 g/mol. The summed E-state index contributed by atoms with van der Waals surface area (Å²) in [7, 11) is 0. The minimum atomic E-state index is -0.390. The van der Waals surface area contributed by atoms with Gasteiger partial charge in [0.05, 0.1) is 12.7 Å². The van der Waals surface area contributed by atoms with Crippen LogP contribution in [0.3, 0.4) is 0 Å². The first-order valence-electron chi connectivity index (χ1n) is 5.96. The summed E-state index contributed by atoms with van der Waals surface area (Å²) in [5, 5.41) is 3.56. The summed E-state index contributed by atoms with van der Waals surface area (Å²) < 4.78 is 11.3. The largest absolute Gasteiger partial charge is 0.348 e. The van der Waals surface area contributed by atoms with Gasteiger partial charge >= 0.3 is 0 Å². The third kappa shape index (κ3) is 2.71. The van der Waals surface area contributed by atoms with Gasteiger partial charge in [-0.15, -0.1) is 0 Å². The molecule has 2 unspecified atom stereocenters. The maximum Gasteiger partial charge on any atom is 0.163 e. The molecule has 1 saturated heterocycles. The topological polar surface area (TPSA) is 30.5 Å². The maximum atomic E-state index is 5.75. The van der Waals surface area contributed by atoms with Crippen molar-refractivity contribution in [2.45, 2.75) is 58.5 Å². The monoisotopic (exact) mass is 213 g/mol. The van der Waals surface area contributed by atoms with Crippen LogP contribution < -0.4 is 5.32 Å². The van der Waals surface area contributed by atoms with Crippen molar-refractivity contribution in [3.63, 3.8) is 0 Å². The summed E-state index contributed by atoms with van der Waals surface area (Å²) in [5.74, 6) is -0.390. The van der Waals surface area contributed by atoms with Gasteiger partial charge in [0.25, 0.3) is 0 Å². The van der Waals surface area contributed by atoms with E-state index in [1.807, 2.05) is 13.8 Å². The Kier molecular flexibility index (Phi) is 2.82. The van der Waals surface area contributed by atoms with Crippen molar-refractivity contribution in [1.29, 1.82) is 0 Å². The Labute approximate surface area is 92.5 Å². The first-order chi connectivity index (χ1) is 6.91. The van der Waals surface area contributed by atoms with Crippen LogP contribution in [0, 0.1) is 5.41 Å². The lowest BCUT2D eigenvalue weighted by molar-refractivity contribution is -0.138. The Morgan fingerprint density at radius 2 is 2.00 bits per heavy atom. The zero-order chi connectivity index (χ0) is 11.1. The Morgan fingerprint density at radius 1 is 1.33 bits per heavy atom. The van der Waals surface area contributed by atoms with Gasteiger partial charge in [-0.05, 0) is 39.0 Å². The molecule has 15 heavy (non-hydrogen) atoms. The second-order valence-electron chi connectivity index (χ2n) is 5.73. The van der Waals surface area contributed by atoms with Crippen LogP contribution in [0.5, 0.6) is 0 Å². The van der Waals surface area contributed by atoms with Gasteiger partial charge in [-0.25, -0.2) is 0 Å². The Hall–Kier alpha value is -0.120. The normalized spacial score (nSPS) is 34.0. The van der Waals surface area contributed by atoms with Crippen LogP contribution in [0.4, 0.5) is 0 Å². The molecule has 3 nitrogen and oxygen atoms in total. The van der Waals surface area contributed by atoms with Crippen molar-refractivity contribution in [2.24, 2.45) is 5.41 Å². The smallest absolute Gasteiger partial charge is 0.163 e. The van der Waals surface area contributed by atoms with E-state index in [1.54, 1.807) is 0 Å². The molecule has 1 heterocycles. The molecule has 2 rings (SSSR count). The number of hydrogen-bond acceptors (Lipinski definition) is 3. The zero-order valence-corrected chi connectivity index (χ0v) is 10.3. The molecule has 2 fully saturated rings. The zero-order valence-electron chi connectivity index (χ0n) is 10.3. The molecule has 0 bridgehead atoms. The molecule has 0 radical (unpaired) electrons. The summed E-state index contributed by atoms with van der Waals surface area (Å²) in [4.78, 5) is 0. The molecule has 1 saturated carbocycles. The second kappa shape index (κ2) is 3.72. The summed E-state index contributed by atoms with van der Waals surface area (Å²) in [5.41, 5.74) is 0.537. The van der Waals surface area contributed by atoms with Gasteiger partial charge < -0.3 is 14.8 Å². The molecular formula is C12H23NO2. The molecule has 1 N–H and O–H groups in total. The fraction of sp³-hybridized carbons (Fsp3) is 1.00. The molecule has 3 heteroatoms. The quantitative estimate of drug-likeness (QED) is 0.774. The van der Waals surface area contributed by atoms with Gasteiger partial charge in [-0.2, -0.15) is 0 Å². The molecule has 0 amide bonds. The summed E-state index contributed by atoms with van der Waals surface area (Å²) >= 11 is 0. The van der Waals surface area contributed by atoms with Crippen molar-refractivity contribution < 1.29 is 9.47 Å². The van der Waals surface area contributed by atoms with E-state index in [1.165, 1.54) is 12.8 Å². The summed E-state index contributed by atoms with van der Waals surface area (Å²) in [6.45, 7) is 10.2. The maximum absolute atomic E-state index is 5.75. The van der Waals surface area contributed by atoms with Gasteiger partial charge in [0, 0.05) is 12.6 Å². The predicted octanol–water partition coefficient (Wildman–Crippen LogP) is 1.92. The van der Waals surface area contributed by atoms with Crippen LogP contribution in [0.1, 0.15) is 40.5 Å². The minimum Gasteiger partial charge on any atom is -0.348 e. The number of nitrogens with one attached hydrogen (secondary N) is 1. The van der Waals surface area contributed by atoms with E-state index in [0.29, 0.717) is 18.1 Å². The highest BCUT2D eigenvalue weighted by atomic mass is 16.7. The molecule has 0 aromatic rings. The summed E-state index contributed by atoms with van der Waals surface area (Å²) in [6, 6.07) is 0.588. The highest BCUT2D eigenvalue weighted by Gasteiger charge is 2.42. The van der Waals surface area contributed by atoms with E-state index in [4.69, 9.17) is 9.47 Å². The van der Waals surface area contributed by atoms with Gasteiger partial charge in [0.2, 0.25) is 0 Å². The molecule has 1 aliphatic heterocycles. The molecule has 88 valence electrons. The molecule has 2 aliphatic rings. The second-order valence-corrected chi connectivity index (χ2v) is 5.73. The molecule has 2 atom stereocenters. The van der Waals surface area contributed by atoms with Crippen LogP contribution in [0.15, 0.2) is 0 Å². The van der Waals surface area contributed by atoms with Gasteiger partial charge in [-0.1, -0.05) is 6.92 Å². The van der Waals surface area contributed by atoms with E-state index < -0.39 is 0 Å². The van der Waals surface area contributed by atoms with E-state index in [-0.39, 0.29) is 11.9 Å². The van der Waals surface area contributed by atoms with Crippen molar-refractivity contribution >= 4 is 0 Å². The fourth-order valence-electron chi connectivity index (χ4n) is 2.05. The first-order valence-corrected chi connectivity index (χ1v) is 5.96. The molecular weight excluding hydrogens is 190 g/mol. The first kappa shape index (κ1) is 11.4. The highest BCUT2D eigenvalue weighted by molar-refractivity contribution is 4.96. The third-order valence-corrected chi connectivity index (χ3v) is 3.80. The average Bonchev–Trinajstić information content (AvgIpc) is 2.80. The van der Waals surface area contributed by atoms with Gasteiger partial charge in [-0.3, -0.25) is 0 Å². The molecule has 1 aliphatic carbocycles. The Balaban J connectivity index is 1.70. The van der Waals surface area contributed by atoms with E-state index in [2.05, 4.69) is 19.2 Å². The van der Waals surface area contributed by atoms with Crippen LogP contribution in [-0.2, 0) is 9.47 Å². The SMILES string of the molecule is CC(NCC1COC(C)(C)O1)C1(C)CC1. The van der Waals surface area contributed by atoms with E-state index >= 15 is 0 Å². The lowest BCUT2D eigenvalue weighted by Crippen LogP contribution is -2.39. The van der Waals surface area contributed by atoms with Gasteiger partial charge in [0.15, 0.2) is 5.79 Å².